The predicted octanol–water partition coefficient (Wildman–Crippen LogP) is 2.62. The quantitative estimate of drug-likeness (QED) is 0.370. The Balaban J connectivity index is 3.94. The van der Waals surface area contributed by atoms with Gasteiger partial charge in [-0.1, -0.05) is 26.2 Å². The molecule has 126 valence electrons. The van der Waals surface area contributed by atoms with Crippen molar-refractivity contribution in [2.45, 2.75) is 45.7 Å². The minimum absolute atomic E-state index is 0.319. The lowest BCUT2D eigenvalue weighted by atomic mass is 10.2. The average molecular weight is 310 g/mol. The van der Waals surface area contributed by atoms with Gasteiger partial charge in [-0.3, -0.25) is 9.89 Å². The number of nitrogens with one attached hydrogen (secondary N) is 2. The highest BCUT2D eigenvalue weighted by Gasteiger charge is 2.28. The molecule has 0 fully saturated rings. The van der Waals surface area contributed by atoms with Crippen LogP contribution in [-0.2, 0) is 0 Å². The van der Waals surface area contributed by atoms with Gasteiger partial charge in [-0.2, -0.15) is 13.2 Å². The van der Waals surface area contributed by atoms with Crippen LogP contribution in [0, 0.1) is 0 Å². The van der Waals surface area contributed by atoms with Gasteiger partial charge in [0.2, 0.25) is 0 Å². The Bertz CT molecular complexity index is 280. The van der Waals surface area contributed by atoms with Gasteiger partial charge in [0.1, 0.15) is 0 Å². The van der Waals surface area contributed by atoms with Gasteiger partial charge < -0.3 is 10.6 Å². The van der Waals surface area contributed by atoms with E-state index >= 15 is 0 Å². The lowest BCUT2D eigenvalue weighted by Crippen LogP contribution is -2.42. The summed E-state index contributed by atoms with van der Waals surface area (Å²) >= 11 is 0. The van der Waals surface area contributed by atoms with Crippen LogP contribution in [-0.4, -0.2) is 56.8 Å². The monoisotopic (exact) mass is 310 g/mol. The van der Waals surface area contributed by atoms with E-state index in [1.807, 2.05) is 6.92 Å². The highest BCUT2D eigenvalue weighted by Crippen LogP contribution is 2.14. The maximum Gasteiger partial charge on any atom is 0.401 e. The molecule has 0 amide bonds. The van der Waals surface area contributed by atoms with E-state index in [1.165, 1.54) is 24.8 Å². The van der Waals surface area contributed by atoms with Crippen molar-refractivity contribution in [2.24, 2.45) is 4.99 Å². The number of nitrogens with zero attached hydrogens (tertiary/aromatic N) is 2. The standard InChI is InChI=1S/C14H29F3N4/c1-4-6-7-8-9-19-13(18-5-2)20-10-11-21(3)12-14(15,16)17/h4-12H2,1-3H3,(H2,18,19,20). The Kier molecular flexibility index (Phi) is 11.1. The number of alkyl halides is 3. The van der Waals surface area contributed by atoms with Crippen LogP contribution in [0.15, 0.2) is 4.99 Å². The predicted molar refractivity (Wildman–Crippen MR) is 81.7 cm³/mol. The van der Waals surface area contributed by atoms with Crippen molar-refractivity contribution in [3.05, 3.63) is 0 Å². The molecule has 0 radical (unpaired) electrons. The van der Waals surface area contributed by atoms with Gasteiger partial charge in [-0.05, 0) is 20.4 Å². The summed E-state index contributed by atoms with van der Waals surface area (Å²) < 4.78 is 36.5. The molecule has 7 heteroatoms. The lowest BCUT2D eigenvalue weighted by Gasteiger charge is -2.19. The molecule has 0 heterocycles. The van der Waals surface area contributed by atoms with Crippen molar-refractivity contribution in [1.29, 1.82) is 0 Å². The number of halogens is 3. The summed E-state index contributed by atoms with van der Waals surface area (Å²) in [5.41, 5.74) is 0. The highest BCUT2D eigenvalue weighted by atomic mass is 19.4. The zero-order valence-electron chi connectivity index (χ0n) is 13.4. The molecule has 0 unspecified atom stereocenters. The fourth-order valence-corrected chi connectivity index (χ4v) is 1.82. The number of rotatable bonds is 10. The molecule has 0 aliphatic rings. The molecular formula is C14H29F3N4. The van der Waals surface area contributed by atoms with Gasteiger partial charge in [-0.15, -0.1) is 0 Å². The summed E-state index contributed by atoms with van der Waals surface area (Å²) in [5, 5.41) is 6.15. The fourth-order valence-electron chi connectivity index (χ4n) is 1.82. The summed E-state index contributed by atoms with van der Waals surface area (Å²) in [6, 6.07) is 0. The van der Waals surface area contributed by atoms with E-state index in [1.54, 1.807) is 0 Å². The summed E-state index contributed by atoms with van der Waals surface area (Å²) in [6.07, 6.45) is 0.452. The largest absolute Gasteiger partial charge is 0.401 e. The number of likely N-dealkylation sites (N-methyl/N-ethyl adjacent to an activating group) is 1. The van der Waals surface area contributed by atoms with Gasteiger partial charge >= 0.3 is 6.18 Å². The van der Waals surface area contributed by atoms with Crippen LogP contribution < -0.4 is 10.6 Å². The van der Waals surface area contributed by atoms with Crippen molar-refractivity contribution in [3.8, 4) is 0 Å². The van der Waals surface area contributed by atoms with Crippen molar-refractivity contribution in [2.75, 3.05) is 39.8 Å². The topological polar surface area (TPSA) is 39.7 Å². The number of aliphatic imine (C=N–C) groups is 1. The molecule has 0 atom stereocenters. The van der Waals surface area contributed by atoms with E-state index < -0.39 is 12.7 Å². The van der Waals surface area contributed by atoms with Crippen LogP contribution in [0.4, 0.5) is 13.2 Å². The van der Waals surface area contributed by atoms with E-state index in [2.05, 4.69) is 22.5 Å². The molecule has 4 nitrogen and oxygen atoms in total. The number of unbranched alkanes of at least 4 members (excludes halogenated alkanes) is 3. The van der Waals surface area contributed by atoms with Crippen molar-refractivity contribution < 1.29 is 13.2 Å². The molecule has 0 saturated heterocycles. The third kappa shape index (κ3) is 13.7. The van der Waals surface area contributed by atoms with E-state index in [-0.39, 0.29) is 0 Å². The van der Waals surface area contributed by atoms with Crippen LogP contribution in [0.1, 0.15) is 39.5 Å². The van der Waals surface area contributed by atoms with Crippen molar-refractivity contribution in [1.82, 2.24) is 15.5 Å². The molecule has 0 aliphatic heterocycles. The molecule has 0 saturated carbocycles. The second-order valence-corrected chi connectivity index (χ2v) is 5.10. The third-order valence-electron chi connectivity index (χ3n) is 2.86. The number of hydrogen-bond donors (Lipinski definition) is 2. The lowest BCUT2D eigenvalue weighted by molar-refractivity contribution is -0.142. The molecule has 0 rings (SSSR count). The average Bonchev–Trinajstić information content (AvgIpc) is 2.36. The second-order valence-electron chi connectivity index (χ2n) is 5.10. The van der Waals surface area contributed by atoms with E-state index in [9.17, 15) is 13.2 Å². The van der Waals surface area contributed by atoms with Gasteiger partial charge in [0, 0.05) is 26.2 Å². The molecular weight excluding hydrogens is 281 g/mol. The van der Waals surface area contributed by atoms with Crippen LogP contribution >= 0.6 is 0 Å². The summed E-state index contributed by atoms with van der Waals surface area (Å²) in [5.74, 6) is 0.675. The molecule has 0 bridgehead atoms. The Labute approximate surface area is 126 Å². The van der Waals surface area contributed by atoms with E-state index in [0.29, 0.717) is 19.0 Å². The summed E-state index contributed by atoms with van der Waals surface area (Å²) in [7, 11) is 1.46. The first-order valence-electron chi connectivity index (χ1n) is 7.66. The first kappa shape index (κ1) is 20.0. The zero-order chi connectivity index (χ0) is 16.1. The molecule has 0 aromatic rings. The smallest absolute Gasteiger partial charge is 0.357 e. The van der Waals surface area contributed by atoms with Crippen LogP contribution in [0.5, 0.6) is 0 Å². The maximum atomic E-state index is 12.2. The molecule has 0 aliphatic carbocycles. The Morgan fingerprint density at radius 1 is 1.10 bits per heavy atom. The normalized spacial score (nSPS) is 12.8. The Morgan fingerprint density at radius 2 is 1.81 bits per heavy atom. The fraction of sp³-hybridized carbons (Fsp3) is 0.929. The molecule has 0 aromatic heterocycles. The van der Waals surface area contributed by atoms with Gasteiger partial charge in [0.05, 0.1) is 6.54 Å². The van der Waals surface area contributed by atoms with Gasteiger partial charge in [0.15, 0.2) is 5.96 Å². The highest BCUT2D eigenvalue weighted by molar-refractivity contribution is 5.79. The van der Waals surface area contributed by atoms with Crippen molar-refractivity contribution in [3.63, 3.8) is 0 Å². The Morgan fingerprint density at radius 3 is 2.38 bits per heavy atom. The third-order valence-corrected chi connectivity index (χ3v) is 2.86. The first-order valence-corrected chi connectivity index (χ1v) is 7.66. The minimum atomic E-state index is -4.15. The first-order chi connectivity index (χ1) is 9.89. The van der Waals surface area contributed by atoms with Crippen LogP contribution in [0.2, 0.25) is 0 Å². The van der Waals surface area contributed by atoms with Crippen molar-refractivity contribution >= 4 is 5.96 Å². The van der Waals surface area contributed by atoms with Gasteiger partial charge in [-0.25, -0.2) is 0 Å². The molecule has 2 N–H and O–H groups in total. The summed E-state index contributed by atoms with van der Waals surface area (Å²) in [6.45, 7) is 5.47. The number of hydrogen-bond acceptors (Lipinski definition) is 2. The maximum absolute atomic E-state index is 12.2. The zero-order valence-corrected chi connectivity index (χ0v) is 13.4. The molecule has 21 heavy (non-hydrogen) atoms. The van der Waals surface area contributed by atoms with Crippen LogP contribution in [0.3, 0.4) is 0 Å². The van der Waals surface area contributed by atoms with Gasteiger partial charge in [0.25, 0.3) is 0 Å². The minimum Gasteiger partial charge on any atom is -0.357 e. The summed E-state index contributed by atoms with van der Waals surface area (Å²) in [4.78, 5) is 5.66. The van der Waals surface area contributed by atoms with Crippen LogP contribution in [0.25, 0.3) is 0 Å². The molecule has 0 spiro atoms. The molecule has 0 aromatic carbocycles. The van der Waals surface area contributed by atoms with E-state index in [4.69, 9.17) is 0 Å². The SMILES string of the molecule is CCCCCCN=C(NCC)NCCN(C)CC(F)(F)F. The second kappa shape index (κ2) is 11.7. The number of guanidine groups is 1. The Hall–Kier alpha value is -0.980. The van der Waals surface area contributed by atoms with E-state index in [0.717, 1.165) is 25.9 Å².